The Balaban J connectivity index is 1.93. The van der Waals surface area contributed by atoms with E-state index in [1.165, 1.54) is 0 Å². The van der Waals surface area contributed by atoms with Gasteiger partial charge >= 0.3 is 111 Å². The van der Waals surface area contributed by atoms with Crippen LogP contribution >= 0.6 is 0 Å². The van der Waals surface area contributed by atoms with Crippen molar-refractivity contribution in [1.29, 1.82) is 0 Å². The van der Waals surface area contributed by atoms with E-state index in [9.17, 15) is 9.18 Å². The van der Waals surface area contributed by atoms with E-state index in [1.54, 1.807) is 24.3 Å². The van der Waals surface area contributed by atoms with Gasteiger partial charge in [-0.25, -0.2) is 0 Å². The van der Waals surface area contributed by atoms with E-state index < -0.39 is 25.9 Å². The first kappa shape index (κ1) is 12.8. The standard InChI is InChI=1S/C14H12FNOSe/c15-13(18-12-9-5-2-6-10-12)14(17)16-11-7-3-1-4-8-11/h1-10,13H,(H,16,17). The van der Waals surface area contributed by atoms with Crippen molar-refractivity contribution in [1.82, 2.24) is 0 Å². The first-order chi connectivity index (χ1) is 8.75. The van der Waals surface area contributed by atoms with E-state index in [4.69, 9.17) is 0 Å². The summed E-state index contributed by atoms with van der Waals surface area (Å²) in [6.45, 7) is 0. The van der Waals surface area contributed by atoms with Crippen LogP contribution in [0.3, 0.4) is 0 Å². The number of rotatable bonds is 4. The molecular formula is C14H12FNOSe. The average Bonchev–Trinajstić information content (AvgIpc) is 2.41. The Kier molecular flexibility index (Phi) is 4.51. The second-order valence-electron chi connectivity index (χ2n) is 3.60. The fraction of sp³-hybridized carbons (Fsp3) is 0.0714. The van der Waals surface area contributed by atoms with Gasteiger partial charge in [0.2, 0.25) is 0 Å². The quantitative estimate of drug-likeness (QED) is 0.860. The molecule has 18 heavy (non-hydrogen) atoms. The summed E-state index contributed by atoms with van der Waals surface area (Å²) in [6, 6.07) is 18.1. The zero-order valence-electron chi connectivity index (χ0n) is 9.55. The number of hydrogen-bond acceptors (Lipinski definition) is 1. The van der Waals surface area contributed by atoms with Gasteiger partial charge in [-0.15, -0.1) is 0 Å². The minimum absolute atomic E-state index is 0.500. The molecule has 0 bridgehead atoms. The molecule has 1 N–H and O–H groups in total. The van der Waals surface area contributed by atoms with E-state index >= 15 is 0 Å². The minimum atomic E-state index is -1.47. The third-order valence-electron chi connectivity index (χ3n) is 2.23. The summed E-state index contributed by atoms with van der Waals surface area (Å²) in [7, 11) is 0. The van der Waals surface area contributed by atoms with Crippen LogP contribution in [-0.2, 0) is 4.79 Å². The molecule has 0 aliphatic carbocycles. The zero-order valence-corrected chi connectivity index (χ0v) is 11.3. The number of hydrogen-bond donors (Lipinski definition) is 1. The SMILES string of the molecule is O=C(Nc1ccccc1)C(F)[Se]c1ccccc1. The molecule has 4 heteroatoms. The summed E-state index contributed by atoms with van der Waals surface area (Å²) < 4.78 is 14.7. The fourth-order valence-corrected chi connectivity index (χ4v) is 2.90. The Bertz CT molecular complexity index is 504. The number of carbonyl (C=O) groups excluding carboxylic acids is 1. The molecule has 0 aromatic heterocycles. The molecule has 1 amide bonds. The number of alkyl halides is 1. The Labute approximate surface area is 111 Å². The second-order valence-corrected chi connectivity index (χ2v) is 5.95. The van der Waals surface area contributed by atoms with Crippen LogP contribution in [0.25, 0.3) is 0 Å². The van der Waals surface area contributed by atoms with E-state index in [1.807, 2.05) is 36.4 Å². The second kappa shape index (κ2) is 6.33. The molecule has 1 atom stereocenters. The van der Waals surface area contributed by atoms with Crippen LogP contribution in [0.15, 0.2) is 60.7 Å². The summed E-state index contributed by atoms with van der Waals surface area (Å²) in [4.78, 5) is 11.6. The topological polar surface area (TPSA) is 29.1 Å². The van der Waals surface area contributed by atoms with Crippen molar-refractivity contribution in [2.45, 2.75) is 5.07 Å². The van der Waals surface area contributed by atoms with Gasteiger partial charge in [0.25, 0.3) is 0 Å². The Hall–Kier alpha value is -1.64. The van der Waals surface area contributed by atoms with Gasteiger partial charge in [-0.3, -0.25) is 0 Å². The number of carbonyl (C=O) groups is 1. The van der Waals surface area contributed by atoms with Crippen LogP contribution in [-0.4, -0.2) is 25.9 Å². The molecule has 1 unspecified atom stereocenters. The molecule has 2 aromatic carbocycles. The fourth-order valence-electron chi connectivity index (χ4n) is 1.39. The van der Waals surface area contributed by atoms with Gasteiger partial charge in [0.05, 0.1) is 0 Å². The van der Waals surface area contributed by atoms with Crippen molar-refractivity contribution in [2.24, 2.45) is 0 Å². The number of para-hydroxylation sites is 1. The van der Waals surface area contributed by atoms with Crippen molar-refractivity contribution < 1.29 is 9.18 Å². The first-order valence-electron chi connectivity index (χ1n) is 5.47. The number of anilines is 1. The molecule has 2 rings (SSSR count). The molecule has 92 valence electrons. The summed E-state index contributed by atoms with van der Waals surface area (Å²) in [5.74, 6) is -0.579. The van der Waals surface area contributed by atoms with Crippen molar-refractivity contribution in [3.8, 4) is 0 Å². The molecule has 0 radical (unpaired) electrons. The van der Waals surface area contributed by atoms with Crippen LogP contribution in [0.5, 0.6) is 0 Å². The van der Waals surface area contributed by atoms with E-state index in [0.29, 0.717) is 5.69 Å². The van der Waals surface area contributed by atoms with E-state index in [2.05, 4.69) is 5.32 Å². The Morgan fingerprint density at radius 3 is 2.17 bits per heavy atom. The van der Waals surface area contributed by atoms with Crippen molar-refractivity contribution in [3.63, 3.8) is 0 Å². The number of benzene rings is 2. The summed E-state index contributed by atoms with van der Waals surface area (Å²) in [5.41, 5.74) is 0.619. The van der Waals surface area contributed by atoms with Gasteiger partial charge in [-0.1, -0.05) is 0 Å². The number of nitrogens with one attached hydrogen (secondary N) is 1. The molecule has 0 aliphatic rings. The van der Waals surface area contributed by atoms with Gasteiger partial charge in [-0.2, -0.15) is 0 Å². The molecule has 0 saturated heterocycles. The summed E-state index contributed by atoms with van der Waals surface area (Å²) in [6.07, 6.45) is 0. The summed E-state index contributed by atoms with van der Waals surface area (Å²) in [5, 5.41) is 1.09. The first-order valence-corrected chi connectivity index (χ1v) is 7.32. The Morgan fingerprint density at radius 1 is 1.00 bits per heavy atom. The van der Waals surface area contributed by atoms with Gasteiger partial charge in [0, 0.05) is 0 Å². The molecule has 0 saturated carbocycles. The number of halogens is 1. The molecular weight excluding hydrogens is 296 g/mol. The van der Waals surface area contributed by atoms with E-state index in [-0.39, 0.29) is 0 Å². The Morgan fingerprint density at radius 2 is 1.56 bits per heavy atom. The normalized spacial score (nSPS) is 11.8. The van der Waals surface area contributed by atoms with Crippen molar-refractivity contribution >= 4 is 31.0 Å². The maximum absolute atomic E-state index is 13.8. The zero-order chi connectivity index (χ0) is 12.8. The molecule has 0 heterocycles. The van der Waals surface area contributed by atoms with E-state index in [0.717, 1.165) is 4.46 Å². The summed E-state index contributed by atoms with van der Waals surface area (Å²) >= 11 is -0.500. The third-order valence-corrected chi connectivity index (χ3v) is 4.26. The van der Waals surface area contributed by atoms with Crippen LogP contribution in [0, 0.1) is 0 Å². The molecule has 2 nitrogen and oxygen atoms in total. The van der Waals surface area contributed by atoms with Crippen LogP contribution in [0.2, 0.25) is 0 Å². The van der Waals surface area contributed by atoms with Crippen LogP contribution in [0.4, 0.5) is 10.1 Å². The van der Waals surface area contributed by atoms with Gasteiger partial charge in [0.1, 0.15) is 0 Å². The molecule has 0 spiro atoms. The van der Waals surface area contributed by atoms with Crippen LogP contribution < -0.4 is 9.78 Å². The van der Waals surface area contributed by atoms with Crippen molar-refractivity contribution in [2.75, 3.05) is 5.32 Å². The average molecular weight is 308 g/mol. The maximum atomic E-state index is 13.8. The van der Waals surface area contributed by atoms with Gasteiger partial charge in [0.15, 0.2) is 0 Å². The molecule has 0 fully saturated rings. The predicted molar refractivity (Wildman–Crippen MR) is 71.8 cm³/mol. The van der Waals surface area contributed by atoms with Gasteiger partial charge < -0.3 is 0 Å². The predicted octanol–water partition coefficient (Wildman–Crippen LogP) is 1.95. The van der Waals surface area contributed by atoms with Crippen LogP contribution in [0.1, 0.15) is 0 Å². The monoisotopic (exact) mass is 309 g/mol. The molecule has 0 aliphatic heterocycles. The third kappa shape index (κ3) is 3.69. The number of amides is 1. The van der Waals surface area contributed by atoms with Crippen molar-refractivity contribution in [3.05, 3.63) is 60.7 Å². The van der Waals surface area contributed by atoms with Gasteiger partial charge in [-0.05, 0) is 0 Å². The molecule has 2 aromatic rings.